The van der Waals surface area contributed by atoms with Crippen LogP contribution in [0.15, 0.2) is 0 Å². The maximum Gasteiger partial charge on any atom is 0.185 e. The fourth-order valence-electron chi connectivity index (χ4n) is 2.99. The van der Waals surface area contributed by atoms with Gasteiger partial charge in [-0.15, -0.1) is 11.3 Å². The van der Waals surface area contributed by atoms with Gasteiger partial charge in [-0.05, 0) is 52.2 Å². The highest BCUT2D eigenvalue weighted by Gasteiger charge is 2.23. The minimum Gasteiger partial charge on any atom is -0.348 e. The Morgan fingerprint density at radius 2 is 1.95 bits per heavy atom. The summed E-state index contributed by atoms with van der Waals surface area (Å²) in [5, 5.41) is 1.18. The number of rotatable bonds is 8. The molecule has 0 fully saturated rings. The van der Waals surface area contributed by atoms with Crippen LogP contribution in [0.5, 0.6) is 0 Å². The highest BCUT2D eigenvalue weighted by molar-refractivity contribution is 7.15. The van der Waals surface area contributed by atoms with Crippen molar-refractivity contribution >= 4 is 16.5 Å². The maximum absolute atomic E-state index is 6.20. The van der Waals surface area contributed by atoms with E-state index in [-0.39, 0.29) is 6.04 Å². The SMILES string of the molecule is CCN(CC)CCCN(CC)c1nc2c(s1)CCCC2N. The fourth-order valence-corrected chi connectivity index (χ4v) is 4.25. The Hall–Kier alpha value is -0.650. The van der Waals surface area contributed by atoms with Crippen LogP contribution in [0, 0.1) is 0 Å². The van der Waals surface area contributed by atoms with Gasteiger partial charge in [0.25, 0.3) is 0 Å². The summed E-state index contributed by atoms with van der Waals surface area (Å²) in [6.07, 6.45) is 4.66. The van der Waals surface area contributed by atoms with Gasteiger partial charge in [0.1, 0.15) is 0 Å². The zero-order valence-corrected chi connectivity index (χ0v) is 14.6. The first kappa shape index (κ1) is 16.7. The van der Waals surface area contributed by atoms with E-state index in [2.05, 4.69) is 30.6 Å². The van der Waals surface area contributed by atoms with Gasteiger partial charge in [-0.3, -0.25) is 0 Å². The molecule has 4 nitrogen and oxygen atoms in total. The molecule has 0 bridgehead atoms. The van der Waals surface area contributed by atoms with Crippen molar-refractivity contribution in [3.63, 3.8) is 0 Å². The smallest absolute Gasteiger partial charge is 0.185 e. The van der Waals surface area contributed by atoms with Crippen molar-refractivity contribution < 1.29 is 0 Å². The summed E-state index contributed by atoms with van der Waals surface area (Å²) in [7, 11) is 0. The summed E-state index contributed by atoms with van der Waals surface area (Å²) in [4.78, 5) is 11.2. The van der Waals surface area contributed by atoms with E-state index < -0.39 is 0 Å². The van der Waals surface area contributed by atoms with E-state index >= 15 is 0 Å². The number of nitrogens with zero attached hydrogens (tertiary/aromatic N) is 3. The first-order chi connectivity index (χ1) is 10.2. The standard InChI is InChI=1S/C16H30N4S/c1-4-19(5-2)11-8-12-20(6-3)16-18-15-13(17)9-7-10-14(15)21-16/h13H,4-12,17H2,1-3H3. The Morgan fingerprint density at radius 1 is 1.19 bits per heavy atom. The van der Waals surface area contributed by atoms with E-state index in [1.165, 1.54) is 35.1 Å². The Kier molecular flexibility index (Phi) is 6.45. The van der Waals surface area contributed by atoms with E-state index in [4.69, 9.17) is 10.7 Å². The van der Waals surface area contributed by atoms with Crippen molar-refractivity contribution in [2.45, 2.75) is 52.5 Å². The topological polar surface area (TPSA) is 45.4 Å². The number of nitrogens with two attached hydrogens (primary N) is 1. The van der Waals surface area contributed by atoms with Gasteiger partial charge in [0.2, 0.25) is 0 Å². The van der Waals surface area contributed by atoms with Crippen molar-refractivity contribution in [2.24, 2.45) is 5.73 Å². The van der Waals surface area contributed by atoms with E-state index in [0.717, 1.165) is 39.0 Å². The van der Waals surface area contributed by atoms with Gasteiger partial charge >= 0.3 is 0 Å². The third kappa shape index (κ3) is 4.18. The molecule has 2 rings (SSSR count). The molecule has 1 atom stereocenters. The van der Waals surface area contributed by atoms with Crippen molar-refractivity contribution in [2.75, 3.05) is 37.6 Å². The summed E-state index contributed by atoms with van der Waals surface area (Å²) >= 11 is 1.86. The van der Waals surface area contributed by atoms with E-state index in [1.54, 1.807) is 0 Å². The Labute approximate surface area is 133 Å². The molecule has 5 heteroatoms. The molecule has 1 aromatic rings. The number of aromatic nitrogens is 1. The molecule has 0 spiro atoms. The Bertz CT molecular complexity index is 428. The summed E-state index contributed by atoms with van der Waals surface area (Å²) < 4.78 is 0. The van der Waals surface area contributed by atoms with Crippen molar-refractivity contribution in [3.05, 3.63) is 10.6 Å². The highest BCUT2D eigenvalue weighted by Crippen LogP contribution is 2.35. The molecule has 1 aromatic heterocycles. The average Bonchev–Trinajstić information content (AvgIpc) is 2.93. The third-order valence-corrected chi connectivity index (χ3v) is 5.63. The Morgan fingerprint density at radius 3 is 2.57 bits per heavy atom. The van der Waals surface area contributed by atoms with E-state index in [0.29, 0.717) is 0 Å². The lowest BCUT2D eigenvalue weighted by atomic mass is 9.99. The van der Waals surface area contributed by atoms with Crippen LogP contribution in [0.2, 0.25) is 0 Å². The van der Waals surface area contributed by atoms with Gasteiger partial charge in [0, 0.05) is 24.0 Å². The minimum absolute atomic E-state index is 0.160. The van der Waals surface area contributed by atoms with E-state index in [9.17, 15) is 0 Å². The number of hydrogen-bond donors (Lipinski definition) is 1. The summed E-state index contributed by atoms with van der Waals surface area (Å²) in [6, 6.07) is 0.160. The molecule has 1 aliphatic rings. The molecule has 2 N–H and O–H groups in total. The lowest BCUT2D eigenvalue weighted by Crippen LogP contribution is -2.30. The van der Waals surface area contributed by atoms with Crippen LogP contribution in [0.3, 0.4) is 0 Å². The molecule has 21 heavy (non-hydrogen) atoms. The summed E-state index contributed by atoms with van der Waals surface area (Å²) in [6.45, 7) is 12.3. The lowest BCUT2D eigenvalue weighted by Gasteiger charge is -2.23. The second-order valence-electron chi connectivity index (χ2n) is 5.76. The summed E-state index contributed by atoms with van der Waals surface area (Å²) in [5.74, 6) is 0. The average molecular weight is 311 g/mol. The largest absolute Gasteiger partial charge is 0.348 e. The molecule has 0 saturated carbocycles. The van der Waals surface area contributed by atoms with Crippen molar-refractivity contribution in [1.29, 1.82) is 0 Å². The number of thiazole rings is 1. The van der Waals surface area contributed by atoms with Gasteiger partial charge in [-0.1, -0.05) is 13.8 Å². The number of fused-ring (bicyclic) bond motifs is 1. The molecular formula is C16H30N4S. The van der Waals surface area contributed by atoms with E-state index in [1.807, 2.05) is 11.3 Å². The minimum atomic E-state index is 0.160. The van der Waals surface area contributed by atoms with Crippen LogP contribution >= 0.6 is 11.3 Å². The van der Waals surface area contributed by atoms with Gasteiger partial charge in [-0.2, -0.15) is 0 Å². The molecule has 0 aliphatic heterocycles. The van der Waals surface area contributed by atoms with Crippen LogP contribution in [-0.2, 0) is 6.42 Å². The number of aryl methyl sites for hydroxylation is 1. The zero-order valence-electron chi connectivity index (χ0n) is 13.8. The van der Waals surface area contributed by atoms with Crippen LogP contribution in [-0.4, -0.2) is 42.6 Å². The van der Waals surface area contributed by atoms with Crippen LogP contribution in [0.1, 0.15) is 56.6 Å². The van der Waals surface area contributed by atoms with Crippen molar-refractivity contribution in [1.82, 2.24) is 9.88 Å². The fraction of sp³-hybridized carbons (Fsp3) is 0.812. The lowest BCUT2D eigenvalue weighted by molar-refractivity contribution is 0.300. The van der Waals surface area contributed by atoms with Crippen LogP contribution in [0.25, 0.3) is 0 Å². The molecule has 0 amide bonds. The predicted molar refractivity (Wildman–Crippen MR) is 92.3 cm³/mol. The normalized spacial score (nSPS) is 18.0. The first-order valence-corrected chi connectivity index (χ1v) is 9.23. The summed E-state index contributed by atoms with van der Waals surface area (Å²) in [5.41, 5.74) is 7.37. The van der Waals surface area contributed by atoms with Gasteiger partial charge in [0.05, 0.1) is 5.69 Å². The van der Waals surface area contributed by atoms with Gasteiger partial charge in [-0.25, -0.2) is 4.98 Å². The highest BCUT2D eigenvalue weighted by atomic mass is 32.1. The second kappa shape index (κ2) is 8.11. The number of anilines is 1. The second-order valence-corrected chi connectivity index (χ2v) is 6.83. The molecule has 1 aliphatic carbocycles. The van der Waals surface area contributed by atoms with Crippen LogP contribution in [0.4, 0.5) is 5.13 Å². The molecule has 0 aromatic carbocycles. The number of hydrogen-bond acceptors (Lipinski definition) is 5. The Balaban J connectivity index is 1.95. The van der Waals surface area contributed by atoms with Gasteiger partial charge < -0.3 is 15.5 Å². The molecule has 0 saturated heterocycles. The molecule has 1 unspecified atom stereocenters. The third-order valence-electron chi connectivity index (χ3n) is 4.44. The quantitative estimate of drug-likeness (QED) is 0.801. The molecular weight excluding hydrogens is 280 g/mol. The molecule has 120 valence electrons. The molecule has 0 radical (unpaired) electrons. The predicted octanol–water partition coefficient (Wildman–Crippen LogP) is 3.04. The van der Waals surface area contributed by atoms with Crippen LogP contribution < -0.4 is 10.6 Å². The maximum atomic E-state index is 6.20. The zero-order chi connectivity index (χ0) is 15.2. The monoisotopic (exact) mass is 310 g/mol. The van der Waals surface area contributed by atoms with Gasteiger partial charge in [0.15, 0.2) is 5.13 Å². The molecule has 1 heterocycles. The first-order valence-electron chi connectivity index (χ1n) is 8.42. The van der Waals surface area contributed by atoms with Crippen molar-refractivity contribution in [3.8, 4) is 0 Å².